The SMILES string of the molecule is Cc1ccc(C(C)NS(=O)(=O)c2cnccc2Cl)cc1F. The predicted octanol–water partition coefficient (Wildman–Crippen LogP) is 3.22. The smallest absolute Gasteiger partial charge is 0.244 e. The maximum Gasteiger partial charge on any atom is 0.244 e. The number of nitrogens with zero attached hydrogens (tertiary/aromatic N) is 1. The molecule has 1 N–H and O–H groups in total. The molecule has 0 fully saturated rings. The van der Waals surface area contributed by atoms with Crippen molar-refractivity contribution in [2.75, 3.05) is 0 Å². The molecule has 7 heteroatoms. The molecule has 0 bridgehead atoms. The van der Waals surface area contributed by atoms with E-state index in [1.54, 1.807) is 26.0 Å². The van der Waals surface area contributed by atoms with Crippen LogP contribution in [0.25, 0.3) is 0 Å². The highest BCUT2D eigenvalue weighted by molar-refractivity contribution is 7.89. The van der Waals surface area contributed by atoms with E-state index in [2.05, 4.69) is 9.71 Å². The van der Waals surface area contributed by atoms with Gasteiger partial charge in [-0.05, 0) is 37.1 Å². The van der Waals surface area contributed by atoms with Crippen LogP contribution in [0.15, 0.2) is 41.6 Å². The highest BCUT2D eigenvalue weighted by atomic mass is 35.5. The van der Waals surface area contributed by atoms with Crippen molar-refractivity contribution in [3.05, 3.63) is 58.6 Å². The van der Waals surface area contributed by atoms with Crippen LogP contribution in [0.3, 0.4) is 0 Å². The van der Waals surface area contributed by atoms with Crippen molar-refractivity contribution in [3.8, 4) is 0 Å². The van der Waals surface area contributed by atoms with Crippen LogP contribution in [0, 0.1) is 12.7 Å². The Morgan fingerprint density at radius 1 is 1.33 bits per heavy atom. The standard InChI is InChI=1S/C14H14ClFN2O2S/c1-9-3-4-11(7-13(9)16)10(2)18-21(19,20)14-8-17-6-5-12(14)15/h3-8,10,18H,1-2H3. The summed E-state index contributed by atoms with van der Waals surface area (Å²) in [4.78, 5) is 3.65. The minimum atomic E-state index is -3.83. The zero-order chi connectivity index (χ0) is 15.6. The number of nitrogens with one attached hydrogen (secondary N) is 1. The number of sulfonamides is 1. The van der Waals surface area contributed by atoms with Gasteiger partial charge in [-0.3, -0.25) is 4.98 Å². The summed E-state index contributed by atoms with van der Waals surface area (Å²) in [5.41, 5.74) is 1.03. The van der Waals surface area contributed by atoms with Gasteiger partial charge in [-0.15, -0.1) is 0 Å². The number of hydrogen-bond acceptors (Lipinski definition) is 3. The first-order valence-electron chi connectivity index (χ1n) is 6.19. The van der Waals surface area contributed by atoms with Gasteiger partial charge in [0.1, 0.15) is 10.7 Å². The van der Waals surface area contributed by atoms with Crippen LogP contribution in [0.5, 0.6) is 0 Å². The highest BCUT2D eigenvalue weighted by Crippen LogP contribution is 2.23. The summed E-state index contributed by atoms with van der Waals surface area (Å²) in [7, 11) is -3.83. The summed E-state index contributed by atoms with van der Waals surface area (Å²) in [6.45, 7) is 3.27. The molecule has 112 valence electrons. The summed E-state index contributed by atoms with van der Waals surface area (Å²) in [5, 5.41) is 0.0831. The lowest BCUT2D eigenvalue weighted by molar-refractivity contribution is 0.563. The van der Waals surface area contributed by atoms with Crippen LogP contribution in [0.4, 0.5) is 4.39 Å². The Bertz CT molecular complexity index is 765. The third-order valence-electron chi connectivity index (χ3n) is 3.05. The second-order valence-electron chi connectivity index (χ2n) is 4.66. The Morgan fingerprint density at radius 2 is 2.05 bits per heavy atom. The van der Waals surface area contributed by atoms with Crippen LogP contribution in [0.2, 0.25) is 5.02 Å². The Kier molecular flexibility index (Phi) is 4.61. The number of halogens is 2. The fraction of sp³-hybridized carbons (Fsp3) is 0.214. The van der Waals surface area contributed by atoms with E-state index in [4.69, 9.17) is 11.6 Å². The molecule has 0 amide bonds. The minimum Gasteiger partial charge on any atom is -0.263 e. The summed E-state index contributed by atoms with van der Waals surface area (Å²) < 4.78 is 40.5. The Labute approximate surface area is 128 Å². The molecule has 1 unspecified atom stereocenters. The molecule has 1 atom stereocenters. The molecule has 0 aliphatic carbocycles. The van der Waals surface area contributed by atoms with E-state index in [0.717, 1.165) is 0 Å². The van der Waals surface area contributed by atoms with Gasteiger partial charge in [0.2, 0.25) is 10.0 Å². The average Bonchev–Trinajstić information content (AvgIpc) is 2.41. The molecule has 0 radical (unpaired) electrons. The zero-order valence-corrected chi connectivity index (χ0v) is 13.0. The number of rotatable bonds is 4. The van der Waals surface area contributed by atoms with Crippen molar-refractivity contribution < 1.29 is 12.8 Å². The number of aromatic nitrogens is 1. The molecular formula is C14H14ClFN2O2S. The van der Waals surface area contributed by atoms with Crippen molar-refractivity contribution in [2.24, 2.45) is 0 Å². The van der Waals surface area contributed by atoms with Gasteiger partial charge in [0, 0.05) is 18.4 Å². The van der Waals surface area contributed by atoms with Gasteiger partial charge in [0.15, 0.2) is 0 Å². The van der Waals surface area contributed by atoms with E-state index in [9.17, 15) is 12.8 Å². The third-order valence-corrected chi connectivity index (χ3v) is 5.06. The second-order valence-corrected chi connectivity index (χ2v) is 6.75. The fourth-order valence-corrected chi connectivity index (χ4v) is 3.47. The number of hydrogen-bond donors (Lipinski definition) is 1. The lowest BCUT2D eigenvalue weighted by Gasteiger charge is -2.15. The van der Waals surface area contributed by atoms with Gasteiger partial charge in [-0.2, -0.15) is 0 Å². The molecule has 0 aliphatic rings. The van der Waals surface area contributed by atoms with Crippen LogP contribution in [-0.4, -0.2) is 13.4 Å². The maximum absolute atomic E-state index is 13.6. The Balaban J connectivity index is 2.28. The van der Waals surface area contributed by atoms with E-state index in [0.29, 0.717) is 11.1 Å². The van der Waals surface area contributed by atoms with Crippen molar-refractivity contribution in [2.45, 2.75) is 24.8 Å². The Morgan fingerprint density at radius 3 is 2.67 bits per heavy atom. The van der Waals surface area contributed by atoms with Gasteiger partial charge < -0.3 is 0 Å². The zero-order valence-electron chi connectivity index (χ0n) is 11.5. The second kappa shape index (κ2) is 6.09. The summed E-state index contributed by atoms with van der Waals surface area (Å²) >= 11 is 5.87. The lowest BCUT2D eigenvalue weighted by Crippen LogP contribution is -2.27. The molecular weight excluding hydrogens is 315 g/mol. The van der Waals surface area contributed by atoms with Gasteiger partial charge in [0.25, 0.3) is 0 Å². The van der Waals surface area contributed by atoms with Crippen LogP contribution < -0.4 is 4.72 Å². The molecule has 1 aromatic heterocycles. The van der Waals surface area contributed by atoms with Crippen molar-refractivity contribution in [1.82, 2.24) is 9.71 Å². The van der Waals surface area contributed by atoms with Crippen molar-refractivity contribution >= 4 is 21.6 Å². The van der Waals surface area contributed by atoms with E-state index in [-0.39, 0.29) is 15.7 Å². The molecule has 0 spiro atoms. The van der Waals surface area contributed by atoms with E-state index in [1.165, 1.54) is 24.5 Å². The summed E-state index contributed by atoms with van der Waals surface area (Å²) in [6.07, 6.45) is 2.58. The number of pyridine rings is 1. The maximum atomic E-state index is 13.6. The average molecular weight is 329 g/mol. The molecule has 2 rings (SSSR count). The molecule has 0 saturated heterocycles. The van der Waals surface area contributed by atoms with E-state index < -0.39 is 16.1 Å². The first kappa shape index (κ1) is 15.9. The topological polar surface area (TPSA) is 59.1 Å². The normalized spacial score (nSPS) is 13.1. The highest BCUT2D eigenvalue weighted by Gasteiger charge is 2.21. The first-order valence-corrected chi connectivity index (χ1v) is 8.05. The van der Waals surface area contributed by atoms with Gasteiger partial charge >= 0.3 is 0 Å². The summed E-state index contributed by atoms with van der Waals surface area (Å²) in [6, 6.07) is 5.39. The summed E-state index contributed by atoms with van der Waals surface area (Å²) in [5.74, 6) is -0.377. The number of aryl methyl sites for hydroxylation is 1. The van der Waals surface area contributed by atoms with Crippen LogP contribution >= 0.6 is 11.6 Å². The molecule has 1 aromatic carbocycles. The Hall–Kier alpha value is -1.50. The molecule has 1 heterocycles. The lowest BCUT2D eigenvalue weighted by atomic mass is 10.1. The van der Waals surface area contributed by atoms with Crippen LogP contribution in [0.1, 0.15) is 24.1 Å². The molecule has 2 aromatic rings. The van der Waals surface area contributed by atoms with E-state index >= 15 is 0 Å². The van der Waals surface area contributed by atoms with Crippen molar-refractivity contribution in [3.63, 3.8) is 0 Å². The van der Waals surface area contributed by atoms with Crippen LogP contribution in [-0.2, 0) is 10.0 Å². The molecule has 0 saturated carbocycles. The van der Waals surface area contributed by atoms with Gasteiger partial charge in [-0.1, -0.05) is 23.7 Å². The predicted molar refractivity (Wildman–Crippen MR) is 79.1 cm³/mol. The van der Waals surface area contributed by atoms with Crippen molar-refractivity contribution in [1.29, 1.82) is 0 Å². The fourth-order valence-electron chi connectivity index (χ4n) is 1.80. The van der Waals surface area contributed by atoms with Gasteiger partial charge in [0.05, 0.1) is 5.02 Å². The molecule has 21 heavy (non-hydrogen) atoms. The third kappa shape index (κ3) is 3.58. The monoisotopic (exact) mass is 328 g/mol. The minimum absolute atomic E-state index is 0.0831. The molecule has 0 aliphatic heterocycles. The quantitative estimate of drug-likeness (QED) is 0.937. The van der Waals surface area contributed by atoms with E-state index in [1.807, 2.05) is 0 Å². The van der Waals surface area contributed by atoms with Gasteiger partial charge in [-0.25, -0.2) is 17.5 Å². The first-order chi connectivity index (χ1) is 9.81. The molecule has 4 nitrogen and oxygen atoms in total. The number of benzene rings is 1. The largest absolute Gasteiger partial charge is 0.263 e.